The molecule has 0 spiro atoms. The highest BCUT2D eigenvalue weighted by molar-refractivity contribution is 5.79. The van der Waals surface area contributed by atoms with Crippen molar-refractivity contribution in [2.75, 3.05) is 52.4 Å². The number of hydrogen-bond donors (Lipinski definition) is 1. The summed E-state index contributed by atoms with van der Waals surface area (Å²) in [6, 6.07) is 0.0626. The van der Waals surface area contributed by atoms with Gasteiger partial charge in [0.2, 0.25) is 5.91 Å². The number of hydrogen-bond acceptors (Lipinski definition) is 3. The highest BCUT2D eigenvalue weighted by Crippen LogP contribution is 2.06. The molecular formula is C14H24N4O2. The first-order chi connectivity index (χ1) is 9.63. The summed E-state index contributed by atoms with van der Waals surface area (Å²) in [5.41, 5.74) is 0. The molecule has 1 saturated heterocycles. The van der Waals surface area contributed by atoms with Gasteiger partial charge in [-0.05, 0) is 13.8 Å². The maximum absolute atomic E-state index is 12.2. The van der Waals surface area contributed by atoms with E-state index >= 15 is 0 Å². The maximum atomic E-state index is 12.2. The Morgan fingerprint density at radius 3 is 2.20 bits per heavy atom. The zero-order valence-corrected chi connectivity index (χ0v) is 12.4. The first kappa shape index (κ1) is 16.3. The molecule has 0 unspecified atom stereocenters. The lowest BCUT2D eigenvalue weighted by Crippen LogP contribution is -2.55. The number of carbonyl (C=O) groups excluding carboxylic acids is 2. The highest BCUT2D eigenvalue weighted by Gasteiger charge is 2.25. The summed E-state index contributed by atoms with van der Waals surface area (Å²) in [5, 5.41) is 2.89. The summed E-state index contributed by atoms with van der Waals surface area (Å²) in [6.45, 7) is 8.38. The fraction of sp³-hybridized carbons (Fsp3) is 0.714. The Morgan fingerprint density at radius 2 is 1.70 bits per heavy atom. The van der Waals surface area contributed by atoms with Crippen LogP contribution >= 0.6 is 0 Å². The van der Waals surface area contributed by atoms with Crippen molar-refractivity contribution in [3.8, 4) is 12.3 Å². The molecule has 1 N–H and O–H groups in total. The van der Waals surface area contributed by atoms with Crippen LogP contribution < -0.4 is 5.32 Å². The van der Waals surface area contributed by atoms with Crippen molar-refractivity contribution in [1.29, 1.82) is 0 Å². The van der Waals surface area contributed by atoms with Gasteiger partial charge < -0.3 is 14.7 Å². The van der Waals surface area contributed by atoms with Crippen LogP contribution in [-0.4, -0.2) is 79.0 Å². The number of nitrogens with one attached hydrogen (secondary N) is 1. The molecule has 0 saturated carbocycles. The third-order valence-corrected chi connectivity index (χ3v) is 3.44. The van der Waals surface area contributed by atoms with Gasteiger partial charge >= 0.3 is 6.03 Å². The zero-order valence-electron chi connectivity index (χ0n) is 12.4. The van der Waals surface area contributed by atoms with E-state index in [0.29, 0.717) is 45.8 Å². The van der Waals surface area contributed by atoms with E-state index in [9.17, 15) is 9.59 Å². The Labute approximate surface area is 121 Å². The van der Waals surface area contributed by atoms with Crippen molar-refractivity contribution >= 4 is 11.9 Å². The predicted molar refractivity (Wildman–Crippen MR) is 78.2 cm³/mol. The largest absolute Gasteiger partial charge is 0.338 e. The van der Waals surface area contributed by atoms with Crippen molar-refractivity contribution in [3.05, 3.63) is 0 Å². The van der Waals surface area contributed by atoms with E-state index in [1.165, 1.54) is 0 Å². The molecule has 0 aliphatic carbocycles. The van der Waals surface area contributed by atoms with E-state index in [1.807, 2.05) is 18.7 Å². The second-order valence-electron chi connectivity index (χ2n) is 4.63. The summed E-state index contributed by atoms with van der Waals surface area (Å²) < 4.78 is 0. The van der Waals surface area contributed by atoms with Crippen LogP contribution in [0.25, 0.3) is 0 Å². The fourth-order valence-corrected chi connectivity index (χ4v) is 2.19. The Kier molecular flexibility index (Phi) is 6.88. The minimum absolute atomic E-state index is 0.0372. The van der Waals surface area contributed by atoms with Crippen LogP contribution in [-0.2, 0) is 4.79 Å². The third kappa shape index (κ3) is 4.42. The molecule has 0 aromatic carbocycles. The number of carbonyl (C=O) groups is 2. The molecule has 6 heteroatoms. The molecular weight excluding hydrogens is 256 g/mol. The van der Waals surface area contributed by atoms with E-state index in [0.717, 1.165) is 0 Å². The van der Waals surface area contributed by atoms with Crippen molar-refractivity contribution in [2.24, 2.45) is 0 Å². The number of urea groups is 1. The molecule has 1 aliphatic rings. The minimum atomic E-state index is 0.0372. The monoisotopic (exact) mass is 280 g/mol. The van der Waals surface area contributed by atoms with E-state index in [2.05, 4.69) is 11.2 Å². The molecule has 1 heterocycles. The summed E-state index contributed by atoms with van der Waals surface area (Å²) in [5.74, 6) is 2.47. The van der Waals surface area contributed by atoms with E-state index in [1.54, 1.807) is 9.80 Å². The standard InChI is InChI=1S/C14H24N4O2/c1-4-7-15-12-13(19)17-8-10-18(11-9-17)14(20)16(5-2)6-3/h1,15H,5-12H2,2-3H3. The molecule has 0 aromatic rings. The van der Waals surface area contributed by atoms with Crippen molar-refractivity contribution in [3.63, 3.8) is 0 Å². The summed E-state index contributed by atoms with van der Waals surface area (Å²) in [6.07, 6.45) is 5.11. The van der Waals surface area contributed by atoms with Crippen LogP contribution in [0.15, 0.2) is 0 Å². The van der Waals surface area contributed by atoms with Gasteiger partial charge in [-0.15, -0.1) is 6.42 Å². The quantitative estimate of drug-likeness (QED) is 0.561. The first-order valence-corrected chi connectivity index (χ1v) is 7.09. The number of terminal acetylenes is 1. The number of piperazine rings is 1. The molecule has 0 radical (unpaired) electrons. The Balaban J connectivity index is 2.38. The van der Waals surface area contributed by atoms with Crippen LogP contribution in [0.1, 0.15) is 13.8 Å². The first-order valence-electron chi connectivity index (χ1n) is 7.09. The summed E-state index contributed by atoms with van der Waals surface area (Å²) in [4.78, 5) is 29.4. The van der Waals surface area contributed by atoms with Gasteiger partial charge in [0.15, 0.2) is 0 Å². The van der Waals surface area contributed by atoms with Gasteiger partial charge in [-0.25, -0.2) is 4.79 Å². The minimum Gasteiger partial charge on any atom is -0.338 e. The average molecular weight is 280 g/mol. The van der Waals surface area contributed by atoms with Crippen LogP contribution in [0.5, 0.6) is 0 Å². The third-order valence-electron chi connectivity index (χ3n) is 3.44. The maximum Gasteiger partial charge on any atom is 0.320 e. The van der Waals surface area contributed by atoms with Crippen LogP contribution in [0.3, 0.4) is 0 Å². The second kappa shape index (κ2) is 8.43. The SMILES string of the molecule is C#CCNCC(=O)N1CCN(C(=O)N(CC)CC)CC1. The molecule has 112 valence electrons. The van der Waals surface area contributed by atoms with Gasteiger partial charge in [0.05, 0.1) is 13.1 Å². The second-order valence-corrected chi connectivity index (χ2v) is 4.63. The van der Waals surface area contributed by atoms with Gasteiger partial charge in [0, 0.05) is 39.3 Å². The Bertz CT molecular complexity index is 366. The predicted octanol–water partition coefficient (Wildman–Crippen LogP) is -0.185. The number of amides is 3. The van der Waals surface area contributed by atoms with E-state index in [4.69, 9.17) is 6.42 Å². The summed E-state index contributed by atoms with van der Waals surface area (Å²) >= 11 is 0. The molecule has 0 bridgehead atoms. The van der Waals surface area contributed by atoms with E-state index in [-0.39, 0.29) is 18.5 Å². The number of rotatable bonds is 5. The van der Waals surface area contributed by atoms with Gasteiger partial charge in [0.1, 0.15) is 0 Å². The lowest BCUT2D eigenvalue weighted by atomic mass is 10.3. The molecule has 0 aromatic heterocycles. The molecule has 20 heavy (non-hydrogen) atoms. The van der Waals surface area contributed by atoms with Crippen LogP contribution in [0.2, 0.25) is 0 Å². The smallest absolute Gasteiger partial charge is 0.320 e. The van der Waals surface area contributed by atoms with Crippen molar-refractivity contribution < 1.29 is 9.59 Å². The van der Waals surface area contributed by atoms with E-state index < -0.39 is 0 Å². The molecule has 6 nitrogen and oxygen atoms in total. The lowest BCUT2D eigenvalue weighted by Gasteiger charge is -2.37. The van der Waals surface area contributed by atoms with Gasteiger partial charge in [-0.1, -0.05) is 5.92 Å². The fourth-order valence-electron chi connectivity index (χ4n) is 2.19. The molecule has 1 fully saturated rings. The van der Waals surface area contributed by atoms with Crippen molar-refractivity contribution in [1.82, 2.24) is 20.0 Å². The lowest BCUT2D eigenvalue weighted by molar-refractivity contribution is -0.131. The van der Waals surface area contributed by atoms with Gasteiger partial charge in [0.25, 0.3) is 0 Å². The normalized spacial score (nSPS) is 14.8. The molecule has 1 aliphatic heterocycles. The zero-order chi connectivity index (χ0) is 15.0. The Hall–Kier alpha value is -1.74. The molecule has 0 atom stereocenters. The molecule has 3 amide bonds. The summed E-state index contributed by atoms with van der Waals surface area (Å²) in [7, 11) is 0. The van der Waals surface area contributed by atoms with Gasteiger partial charge in [-0.3, -0.25) is 10.1 Å². The Morgan fingerprint density at radius 1 is 1.15 bits per heavy atom. The van der Waals surface area contributed by atoms with Gasteiger partial charge in [-0.2, -0.15) is 0 Å². The van der Waals surface area contributed by atoms with Crippen molar-refractivity contribution in [2.45, 2.75) is 13.8 Å². The van der Waals surface area contributed by atoms with Crippen LogP contribution in [0.4, 0.5) is 4.79 Å². The number of nitrogens with zero attached hydrogens (tertiary/aromatic N) is 3. The molecule has 1 rings (SSSR count). The topological polar surface area (TPSA) is 55.9 Å². The van der Waals surface area contributed by atoms with Crippen LogP contribution in [0, 0.1) is 12.3 Å². The average Bonchev–Trinajstić information content (AvgIpc) is 2.48. The highest BCUT2D eigenvalue weighted by atomic mass is 16.2.